The molecule has 1 saturated heterocycles. The lowest BCUT2D eigenvalue weighted by atomic mass is 10.1. The van der Waals surface area contributed by atoms with Crippen LogP contribution in [0.25, 0.3) is 0 Å². The van der Waals surface area contributed by atoms with E-state index in [0.29, 0.717) is 35.9 Å². The largest absolute Gasteiger partial charge is 0.399 e. The van der Waals surface area contributed by atoms with Gasteiger partial charge in [-0.05, 0) is 25.5 Å². The summed E-state index contributed by atoms with van der Waals surface area (Å²) in [5.41, 5.74) is 11.5. The molecular formula is C12H16ClN3O2. The van der Waals surface area contributed by atoms with Crippen LogP contribution in [0.15, 0.2) is 12.1 Å². The monoisotopic (exact) mass is 269 g/mol. The van der Waals surface area contributed by atoms with E-state index in [9.17, 15) is 9.90 Å². The molecule has 1 heterocycles. The van der Waals surface area contributed by atoms with E-state index < -0.39 is 11.5 Å². The highest BCUT2D eigenvalue weighted by Gasteiger charge is 2.34. The van der Waals surface area contributed by atoms with E-state index in [0.717, 1.165) is 0 Å². The van der Waals surface area contributed by atoms with E-state index in [1.165, 1.54) is 6.07 Å². The highest BCUT2D eigenvalue weighted by Crippen LogP contribution is 2.36. The molecule has 1 aliphatic heterocycles. The predicted molar refractivity (Wildman–Crippen MR) is 71.8 cm³/mol. The Hall–Kier alpha value is -1.46. The third-order valence-corrected chi connectivity index (χ3v) is 3.41. The minimum atomic E-state index is -0.778. The highest BCUT2D eigenvalue weighted by molar-refractivity contribution is 6.34. The minimum absolute atomic E-state index is 0.290. The predicted octanol–water partition coefficient (Wildman–Crippen LogP) is 0.982. The zero-order chi connectivity index (χ0) is 13.5. The van der Waals surface area contributed by atoms with Crippen molar-refractivity contribution in [2.24, 2.45) is 5.73 Å². The van der Waals surface area contributed by atoms with Crippen LogP contribution in [0, 0.1) is 0 Å². The van der Waals surface area contributed by atoms with Crippen LogP contribution in [0.1, 0.15) is 23.7 Å². The topological polar surface area (TPSA) is 92.6 Å². The van der Waals surface area contributed by atoms with Crippen molar-refractivity contribution in [2.75, 3.05) is 23.7 Å². The number of amides is 1. The summed E-state index contributed by atoms with van der Waals surface area (Å²) in [6.07, 6.45) is 0.617. The molecule has 0 bridgehead atoms. The summed E-state index contributed by atoms with van der Waals surface area (Å²) in [5.74, 6) is -0.578. The summed E-state index contributed by atoms with van der Waals surface area (Å²) in [6.45, 7) is 2.79. The smallest absolute Gasteiger partial charge is 0.250 e. The molecule has 1 unspecified atom stereocenters. The molecule has 1 aromatic carbocycles. The Bertz CT molecular complexity index is 502. The number of hydrogen-bond acceptors (Lipinski definition) is 4. The van der Waals surface area contributed by atoms with E-state index in [4.69, 9.17) is 23.1 Å². The van der Waals surface area contributed by atoms with Gasteiger partial charge in [0.1, 0.15) is 0 Å². The number of nitrogens with zero attached hydrogens (tertiary/aromatic N) is 1. The summed E-state index contributed by atoms with van der Waals surface area (Å²) in [5, 5.41) is 10.4. The van der Waals surface area contributed by atoms with Gasteiger partial charge in [0.25, 0.3) is 5.91 Å². The van der Waals surface area contributed by atoms with Gasteiger partial charge in [-0.15, -0.1) is 0 Å². The number of nitrogen functional groups attached to an aromatic ring is 1. The fourth-order valence-corrected chi connectivity index (χ4v) is 2.61. The minimum Gasteiger partial charge on any atom is -0.399 e. The standard InChI is InChI=1S/C12H16ClN3O2/c1-12(18)2-3-16(6-12)10-8(11(15)17)4-7(14)5-9(10)13/h4-5,18H,2-3,6,14H2,1H3,(H2,15,17). The number of halogens is 1. The van der Waals surface area contributed by atoms with Gasteiger partial charge in [-0.1, -0.05) is 11.6 Å². The van der Waals surface area contributed by atoms with Crippen LogP contribution in [0.5, 0.6) is 0 Å². The third kappa shape index (κ3) is 2.37. The van der Waals surface area contributed by atoms with Gasteiger partial charge < -0.3 is 21.5 Å². The molecule has 2 rings (SSSR count). The summed E-state index contributed by atoms with van der Waals surface area (Å²) >= 11 is 6.14. The molecule has 0 aromatic heterocycles. The van der Waals surface area contributed by atoms with Crippen molar-refractivity contribution >= 4 is 28.9 Å². The Balaban J connectivity index is 2.47. The number of carbonyl (C=O) groups is 1. The first-order valence-electron chi connectivity index (χ1n) is 5.66. The molecule has 1 fully saturated rings. The number of rotatable bonds is 2. The van der Waals surface area contributed by atoms with E-state index in [1.54, 1.807) is 13.0 Å². The Morgan fingerprint density at radius 3 is 2.72 bits per heavy atom. The van der Waals surface area contributed by atoms with Gasteiger partial charge in [0.2, 0.25) is 0 Å². The third-order valence-electron chi connectivity index (χ3n) is 3.12. The lowest BCUT2D eigenvalue weighted by Crippen LogP contribution is -2.31. The molecule has 0 aliphatic carbocycles. The molecule has 1 atom stereocenters. The number of benzene rings is 1. The van der Waals surface area contributed by atoms with Crippen LogP contribution in [0.3, 0.4) is 0 Å². The Kier molecular flexibility index (Phi) is 3.12. The fourth-order valence-electron chi connectivity index (χ4n) is 2.27. The summed E-state index contributed by atoms with van der Waals surface area (Å²) in [7, 11) is 0. The van der Waals surface area contributed by atoms with Gasteiger partial charge in [0.05, 0.1) is 21.9 Å². The van der Waals surface area contributed by atoms with Gasteiger partial charge in [0, 0.05) is 18.8 Å². The molecular weight excluding hydrogens is 254 g/mol. The van der Waals surface area contributed by atoms with Crippen molar-refractivity contribution in [3.63, 3.8) is 0 Å². The van der Waals surface area contributed by atoms with Crippen LogP contribution >= 0.6 is 11.6 Å². The second kappa shape index (κ2) is 4.33. The molecule has 1 aromatic rings. The van der Waals surface area contributed by atoms with Crippen molar-refractivity contribution in [1.29, 1.82) is 0 Å². The molecule has 0 radical (unpaired) electrons. The van der Waals surface area contributed by atoms with Crippen molar-refractivity contribution in [3.05, 3.63) is 22.7 Å². The van der Waals surface area contributed by atoms with Crippen LogP contribution in [0.4, 0.5) is 11.4 Å². The van der Waals surface area contributed by atoms with Gasteiger partial charge in [0.15, 0.2) is 0 Å². The lowest BCUT2D eigenvalue weighted by molar-refractivity contribution is 0.0838. The molecule has 1 amide bonds. The van der Waals surface area contributed by atoms with E-state index in [2.05, 4.69) is 0 Å². The maximum atomic E-state index is 11.5. The number of nitrogens with two attached hydrogens (primary N) is 2. The maximum Gasteiger partial charge on any atom is 0.250 e. The number of carbonyl (C=O) groups excluding carboxylic acids is 1. The van der Waals surface area contributed by atoms with E-state index >= 15 is 0 Å². The lowest BCUT2D eigenvalue weighted by Gasteiger charge is -2.24. The molecule has 5 nitrogen and oxygen atoms in total. The van der Waals surface area contributed by atoms with Crippen LogP contribution < -0.4 is 16.4 Å². The highest BCUT2D eigenvalue weighted by atomic mass is 35.5. The van der Waals surface area contributed by atoms with Crippen LogP contribution in [-0.4, -0.2) is 29.7 Å². The number of β-amino-alcohol motifs (C(OH)–C–C–N with tert-alkyl or cyclic N) is 1. The van der Waals surface area contributed by atoms with Crippen LogP contribution in [-0.2, 0) is 0 Å². The SMILES string of the molecule is CC1(O)CCN(c2c(Cl)cc(N)cc2C(N)=O)C1. The molecule has 98 valence electrons. The molecule has 6 heteroatoms. The summed E-state index contributed by atoms with van der Waals surface area (Å²) in [4.78, 5) is 13.3. The Morgan fingerprint density at radius 1 is 1.56 bits per heavy atom. The quantitative estimate of drug-likeness (QED) is 0.698. The Morgan fingerprint density at radius 2 is 2.22 bits per heavy atom. The first kappa shape index (κ1) is 13.0. The van der Waals surface area contributed by atoms with Crippen molar-refractivity contribution < 1.29 is 9.90 Å². The van der Waals surface area contributed by atoms with Crippen molar-refractivity contribution in [1.82, 2.24) is 0 Å². The zero-order valence-electron chi connectivity index (χ0n) is 10.1. The normalized spacial score (nSPS) is 23.4. The number of anilines is 2. The Labute approximate surface area is 110 Å². The summed E-state index contributed by atoms with van der Waals surface area (Å²) in [6, 6.07) is 3.09. The van der Waals surface area contributed by atoms with Crippen LogP contribution in [0.2, 0.25) is 5.02 Å². The second-order valence-electron chi connectivity index (χ2n) is 4.93. The second-order valence-corrected chi connectivity index (χ2v) is 5.34. The first-order valence-corrected chi connectivity index (χ1v) is 6.04. The van der Waals surface area contributed by atoms with Gasteiger partial charge in [-0.2, -0.15) is 0 Å². The maximum absolute atomic E-state index is 11.5. The number of primary amides is 1. The molecule has 0 saturated carbocycles. The fraction of sp³-hybridized carbons (Fsp3) is 0.417. The molecule has 18 heavy (non-hydrogen) atoms. The number of aliphatic hydroxyl groups is 1. The van der Waals surface area contributed by atoms with E-state index in [-0.39, 0.29) is 5.56 Å². The van der Waals surface area contributed by atoms with Crippen molar-refractivity contribution in [2.45, 2.75) is 18.9 Å². The van der Waals surface area contributed by atoms with Crippen molar-refractivity contribution in [3.8, 4) is 0 Å². The summed E-state index contributed by atoms with van der Waals surface area (Å²) < 4.78 is 0. The van der Waals surface area contributed by atoms with Gasteiger partial charge in [-0.3, -0.25) is 4.79 Å². The molecule has 0 spiro atoms. The average molecular weight is 270 g/mol. The van der Waals surface area contributed by atoms with E-state index in [1.807, 2.05) is 4.90 Å². The molecule has 1 aliphatic rings. The molecule has 5 N–H and O–H groups in total. The number of hydrogen-bond donors (Lipinski definition) is 3. The average Bonchev–Trinajstić information content (AvgIpc) is 2.57. The van der Waals surface area contributed by atoms with Gasteiger partial charge >= 0.3 is 0 Å². The zero-order valence-corrected chi connectivity index (χ0v) is 10.9. The van der Waals surface area contributed by atoms with Gasteiger partial charge in [-0.25, -0.2) is 0 Å². The first-order chi connectivity index (χ1) is 8.30.